The molecule has 1 heterocycles. The van der Waals surface area contributed by atoms with Crippen LogP contribution in [-0.4, -0.2) is 11.8 Å². The van der Waals surface area contributed by atoms with E-state index in [0.29, 0.717) is 34.4 Å². The average molecular weight is 450 g/mol. The van der Waals surface area contributed by atoms with Gasteiger partial charge in [0.15, 0.2) is 23.0 Å². The molecule has 0 radical (unpaired) electrons. The van der Waals surface area contributed by atoms with Crippen LogP contribution in [0.25, 0.3) is 0 Å². The Morgan fingerprint density at radius 3 is 1.35 bits per heavy atom. The first-order valence-corrected chi connectivity index (χ1v) is 10.9. The molecular formula is C28H22N2O4. The van der Waals surface area contributed by atoms with E-state index in [1.54, 1.807) is 36.4 Å². The van der Waals surface area contributed by atoms with Crippen LogP contribution in [0.1, 0.15) is 11.1 Å². The van der Waals surface area contributed by atoms with Crippen LogP contribution < -0.4 is 20.1 Å². The maximum absolute atomic E-state index is 12.4. The van der Waals surface area contributed by atoms with Gasteiger partial charge in [-0.2, -0.15) is 0 Å². The molecule has 4 aromatic rings. The second kappa shape index (κ2) is 9.50. The summed E-state index contributed by atoms with van der Waals surface area (Å²) in [6, 6.07) is 29.6. The predicted octanol–water partition coefficient (Wildman–Crippen LogP) is 5.95. The number of carbonyl (C=O) groups excluding carboxylic acids is 2. The Hall–Kier alpha value is -4.58. The normalized spacial score (nSPS) is 11.3. The van der Waals surface area contributed by atoms with Gasteiger partial charge in [-0.1, -0.05) is 60.7 Å². The van der Waals surface area contributed by atoms with E-state index in [2.05, 4.69) is 10.6 Å². The Balaban J connectivity index is 1.23. The van der Waals surface area contributed by atoms with Crippen molar-refractivity contribution in [3.8, 4) is 23.0 Å². The van der Waals surface area contributed by atoms with E-state index in [1.165, 1.54) is 0 Å². The lowest BCUT2D eigenvalue weighted by atomic mass is 10.1. The van der Waals surface area contributed by atoms with Gasteiger partial charge >= 0.3 is 0 Å². The summed E-state index contributed by atoms with van der Waals surface area (Å²) in [4.78, 5) is 24.7. The van der Waals surface area contributed by atoms with Crippen molar-refractivity contribution in [1.29, 1.82) is 0 Å². The number of ether oxygens (including phenoxy) is 2. The summed E-state index contributed by atoms with van der Waals surface area (Å²) in [5.41, 5.74) is 3.13. The third kappa shape index (κ3) is 5.07. The van der Waals surface area contributed by atoms with E-state index in [1.807, 2.05) is 60.7 Å². The van der Waals surface area contributed by atoms with Gasteiger partial charge in [-0.05, 0) is 35.4 Å². The fourth-order valence-corrected chi connectivity index (χ4v) is 3.71. The first-order valence-electron chi connectivity index (χ1n) is 10.9. The molecule has 0 spiro atoms. The fourth-order valence-electron chi connectivity index (χ4n) is 3.71. The standard InChI is InChI=1S/C28H22N2O4/c31-27(15-19-7-3-1-4-8-19)29-21-11-13-23-25(17-21)33-24-14-12-22(18-26(24)34-23)30-28(32)16-20-9-5-2-6-10-20/h1-14,17-18H,15-16H2,(H,29,31)(H,30,32). The highest BCUT2D eigenvalue weighted by atomic mass is 16.6. The molecule has 0 saturated carbocycles. The van der Waals surface area contributed by atoms with Gasteiger partial charge in [0.1, 0.15) is 0 Å². The van der Waals surface area contributed by atoms with E-state index >= 15 is 0 Å². The topological polar surface area (TPSA) is 76.7 Å². The average Bonchev–Trinajstić information content (AvgIpc) is 2.84. The highest BCUT2D eigenvalue weighted by Crippen LogP contribution is 2.47. The van der Waals surface area contributed by atoms with Crippen molar-refractivity contribution in [2.45, 2.75) is 12.8 Å². The molecular weight excluding hydrogens is 428 g/mol. The number of fused-ring (bicyclic) bond motifs is 2. The van der Waals surface area contributed by atoms with Crippen molar-refractivity contribution >= 4 is 23.2 Å². The number of hydrogen-bond donors (Lipinski definition) is 2. The zero-order valence-electron chi connectivity index (χ0n) is 18.3. The van der Waals surface area contributed by atoms with Crippen molar-refractivity contribution in [3.63, 3.8) is 0 Å². The van der Waals surface area contributed by atoms with Crippen molar-refractivity contribution in [2.24, 2.45) is 0 Å². The predicted molar refractivity (Wildman–Crippen MR) is 131 cm³/mol. The molecule has 1 aliphatic heterocycles. The van der Waals surface area contributed by atoms with Crippen molar-refractivity contribution < 1.29 is 19.1 Å². The maximum atomic E-state index is 12.4. The number of benzene rings is 4. The van der Waals surface area contributed by atoms with Crippen LogP contribution in [0.2, 0.25) is 0 Å². The Bertz CT molecular complexity index is 1230. The molecule has 2 N–H and O–H groups in total. The van der Waals surface area contributed by atoms with Crippen molar-refractivity contribution in [2.75, 3.05) is 10.6 Å². The summed E-state index contributed by atoms with van der Waals surface area (Å²) in [7, 11) is 0. The van der Waals surface area contributed by atoms with Gasteiger partial charge in [-0.3, -0.25) is 9.59 Å². The zero-order valence-corrected chi connectivity index (χ0v) is 18.3. The minimum absolute atomic E-state index is 0.112. The third-order valence-electron chi connectivity index (χ3n) is 5.31. The van der Waals surface area contributed by atoms with Gasteiger partial charge in [0.2, 0.25) is 11.8 Å². The molecule has 4 aromatic carbocycles. The molecule has 0 atom stereocenters. The lowest BCUT2D eigenvalue weighted by Gasteiger charge is -2.22. The van der Waals surface area contributed by atoms with Crippen LogP contribution in [0.5, 0.6) is 23.0 Å². The Kier molecular flexibility index (Phi) is 5.95. The highest BCUT2D eigenvalue weighted by Gasteiger charge is 2.20. The SMILES string of the molecule is O=C(Cc1ccccc1)Nc1ccc2c(c1)Oc1ccc(NC(=O)Cc3ccccc3)cc1O2. The molecule has 0 bridgehead atoms. The zero-order chi connectivity index (χ0) is 23.3. The fraction of sp³-hybridized carbons (Fsp3) is 0.0714. The largest absolute Gasteiger partial charge is 0.449 e. The summed E-state index contributed by atoms with van der Waals surface area (Å²) in [6.07, 6.45) is 0.577. The van der Waals surface area contributed by atoms with E-state index in [0.717, 1.165) is 11.1 Å². The number of hydrogen-bond acceptors (Lipinski definition) is 4. The molecule has 0 saturated heterocycles. The number of anilines is 2. The molecule has 6 nitrogen and oxygen atoms in total. The maximum Gasteiger partial charge on any atom is 0.228 e. The van der Waals surface area contributed by atoms with Crippen LogP contribution in [0, 0.1) is 0 Å². The summed E-state index contributed by atoms with van der Waals surface area (Å²) in [5, 5.41) is 5.79. The molecule has 1 aliphatic rings. The van der Waals surface area contributed by atoms with Crippen LogP contribution >= 0.6 is 0 Å². The first kappa shape index (κ1) is 21.3. The van der Waals surface area contributed by atoms with Crippen molar-refractivity contribution in [3.05, 3.63) is 108 Å². The molecule has 0 unspecified atom stereocenters. The van der Waals surface area contributed by atoms with Gasteiger partial charge in [0.05, 0.1) is 12.8 Å². The summed E-state index contributed by atoms with van der Waals surface area (Å²) >= 11 is 0. The van der Waals surface area contributed by atoms with Gasteiger partial charge in [-0.15, -0.1) is 0 Å². The van der Waals surface area contributed by atoms with E-state index in [4.69, 9.17) is 9.47 Å². The molecule has 2 amide bonds. The van der Waals surface area contributed by atoms with Crippen LogP contribution in [0.15, 0.2) is 97.1 Å². The molecule has 168 valence electrons. The van der Waals surface area contributed by atoms with E-state index in [9.17, 15) is 9.59 Å². The quantitative estimate of drug-likeness (QED) is 0.335. The summed E-state index contributed by atoms with van der Waals surface area (Å²) < 4.78 is 12.0. The second-order valence-electron chi connectivity index (χ2n) is 7.95. The van der Waals surface area contributed by atoms with E-state index in [-0.39, 0.29) is 24.7 Å². The first-order chi connectivity index (χ1) is 16.6. The van der Waals surface area contributed by atoms with Gasteiger partial charge in [-0.25, -0.2) is 0 Å². The highest BCUT2D eigenvalue weighted by molar-refractivity contribution is 5.93. The molecule has 34 heavy (non-hydrogen) atoms. The summed E-state index contributed by atoms with van der Waals surface area (Å²) in [5.74, 6) is 1.85. The Labute approximate surface area is 197 Å². The van der Waals surface area contributed by atoms with Gasteiger partial charge in [0.25, 0.3) is 0 Å². The number of rotatable bonds is 6. The van der Waals surface area contributed by atoms with Crippen LogP contribution in [-0.2, 0) is 22.4 Å². The van der Waals surface area contributed by atoms with Gasteiger partial charge < -0.3 is 20.1 Å². The lowest BCUT2D eigenvalue weighted by Crippen LogP contribution is -2.15. The lowest BCUT2D eigenvalue weighted by molar-refractivity contribution is -0.116. The van der Waals surface area contributed by atoms with E-state index < -0.39 is 0 Å². The summed E-state index contributed by atoms with van der Waals surface area (Å²) in [6.45, 7) is 0. The van der Waals surface area contributed by atoms with Crippen LogP contribution in [0.4, 0.5) is 11.4 Å². The third-order valence-corrected chi connectivity index (χ3v) is 5.31. The molecule has 5 rings (SSSR count). The Morgan fingerprint density at radius 2 is 0.941 bits per heavy atom. The Morgan fingerprint density at radius 1 is 0.529 bits per heavy atom. The minimum Gasteiger partial charge on any atom is -0.449 e. The van der Waals surface area contributed by atoms with Crippen molar-refractivity contribution in [1.82, 2.24) is 0 Å². The number of carbonyl (C=O) groups is 2. The monoisotopic (exact) mass is 450 g/mol. The molecule has 0 aliphatic carbocycles. The second-order valence-corrected chi connectivity index (χ2v) is 7.95. The smallest absolute Gasteiger partial charge is 0.228 e. The molecule has 0 aromatic heterocycles. The molecule has 6 heteroatoms. The number of amides is 2. The van der Waals surface area contributed by atoms with Crippen LogP contribution in [0.3, 0.4) is 0 Å². The minimum atomic E-state index is -0.112. The number of nitrogens with one attached hydrogen (secondary N) is 2. The van der Waals surface area contributed by atoms with Gasteiger partial charge in [0, 0.05) is 23.5 Å². The molecule has 0 fully saturated rings.